The van der Waals surface area contributed by atoms with E-state index in [1.54, 1.807) is 0 Å². The molecule has 2 aromatic rings. The van der Waals surface area contributed by atoms with Crippen molar-refractivity contribution in [1.82, 2.24) is 10.3 Å². The molecule has 1 heterocycles. The van der Waals surface area contributed by atoms with Gasteiger partial charge in [-0.25, -0.2) is 0 Å². The zero-order valence-electron chi connectivity index (χ0n) is 25.4. The standard InChI is InChI=1S/C35H44N2O6/c1-33-15-11-24(38)19-23(33)7-8-26-27(33)12-16-34(2)28(26)13-17-35(34,42)30(39)21-43-32(41)10-9-31(40)36-18-14-22-20-37-29-6-4-3-5-25(22)29/h3-6,19-20,26-28,37,42H,7-18,21H2,1-2H3,(H,36,40)/t26-,27-,28-,33+,34+,35+/m1/s1. The molecular weight excluding hydrogens is 544 g/mol. The molecule has 3 fully saturated rings. The lowest BCUT2D eigenvalue weighted by Crippen LogP contribution is -2.58. The molecule has 6 atom stereocenters. The molecule has 8 heteroatoms. The Kier molecular flexibility index (Phi) is 7.86. The van der Waals surface area contributed by atoms with Gasteiger partial charge in [-0.2, -0.15) is 0 Å². The van der Waals surface area contributed by atoms with Gasteiger partial charge in [-0.15, -0.1) is 0 Å². The summed E-state index contributed by atoms with van der Waals surface area (Å²) in [7, 11) is 0. The number of amides is 1. The van der Waals surface area contributed by atoms with E-state index < -0.39 is 29.4 Å². The number of hydrogen-bond acceptors (Lipinski definition) is 6. The molecule has 4 aliphatic carbocycles. The van der Waals surface area contributed by atoms with Crippen molar-refractivity contribution in [1.29, 1.82) is 0 Å². The van der Waals surface area contributed by atoms with Crippen LogP contribution in [-0.4, -0.2) is 52.3 Å². The lowest BCUT2D eigenvalue weighted by Gasteiger charge is -2.58. The second kappa shape index (κ2) is 11.3. The fourth-order valence-electron chi connectivity index (χ4n) is 9.35. The SMILES string of the molecule is C[C@]12CCC(=O)C=C1CC[C@@H]1[C@H]2CC[C@@]2(C)[C@@H]1CC[C@]2(O)C(=O)COC(=O)CCC(=O)NCCc1c[nH]c2ccccc12. The highest BCUT2D eigenvalue weighted by atomic mass is 16.5. The summed E-state index contributed by atoms with van der Waals surface area (Å²) in [5.74, 6) is 0.0438. The number of nitrogens with one attached hydrogen (secondary N) is 2. The van der Waals surface area contributed by atoms with Crippen LogP contribution in [0, 0.1) is 28.6 Å². The summed E-state index contributed by atoms with van der Waals surface area (Å²) in [5, 5.41) is 15.8. The van der Waals surface area contributed by atoms with Crippen molar-refractivity contribution in [2.75, 3.05) is 13.2 Å². The Labute approximate surface area is 253 Å². The van der Waals surface area contributed by atoms with Gasteiger partial charge in [-0.05, 0) is 92.2 Å². The van der Waals surface area contributed by atoms with Crippen molar-refractivity contribution in [2.24, 2.45) is 28.6 Å². The van der Waals surface area contributed by atoms with Crippen molar-refractivity contribution >= 4 is 34.3 Å². The maximum Gasteiger partial charge on any atom is 0.306 e. The largest absolute Gasteiger partial charge is 0.458 e. The molecule has 0 spiro atoms. The lowest BCUT2D eigenvalue weighted by atomic mass is 9.46. The number of para-hydroxylation sites is 1. The number of benzene rings is 1. The topological polar surface area (TPSA) is 126 Å². The summed E-state index contributed by atoms with van der Waals surface area (Å²) in [4.78, 5) is 53.6. The first kappa shape index (κ1) is 29.8. The Hall–Kier alpha value is -3.26. The van der Waals surface area contributed by atoms with Gasteiger partial charge >= 0.3 is 5.97 Å². The maximum atomic E-state index is 13.4. The normalized spacial score (nSPS) is 33.2. The predicted octanol–water partition coefficient (Wildman–Crippen LogP) is 4.98. The van der Waals surface area contributed by atoms with E-state index in [2.05, 4.69) is 24.1 Å². The van der Waals surface area contributed by atoms with Crippen LogP contribution in [0.1, 0.15) is 83.6 Å². The number of esters is 1. The second-order valence-corrected chi connectivity index (χ2v) is 13.9. The monoisotopic (exact) mass is 588 g/mol. The van der Waals surface area contributed by atoms with Gasteiger partial charge in [0.05, 0.1) is 6.42 Å². The third-order valence-electron chi connectivity index (χ3n) is 11.9. The van der Waals surface area contributed by atoms with Gasteiger partial charge in [0, 0.05) is 41.9 Å². The van der Waals surface area contributed by atoms with E-state index >= 15 is 0 Å². The van der Waals surface area contributed by atoms with E-state index in [9.17, 15) is 24.3 Å². The third kappa shape index (κ3) is 5.15. The Bertz CT molecular complexity index is 1480. The maximum absolute atomic E-state index is 13.4. The zero-order chi connectivity index (χ0) is 30.4. The van der Waals surface area contributed by atoms with Crippen LogP contribution in [0.3, 0.4) is 0 Å². The van der Waals surface area contributed by atoms with Crippen molar-refractivity contribution in [2.45, 2.75) is 90.1 Å². The van der Waals surface area contributed by atoms with E-state index in [1.165, 1.54) is 5.57 Å². The number of hydrogen-bond donors (Lipinski definition) is 3. The molecule has 8 nitrogen and oxygen atoms in total. The van der Waals surface area contributed by atoms with Crippen LogP contribution >= 0.6 is 0 Å². The number of aliphatic hydroxyl groups is 1. The highest BCUT2D eigenvalue weighted by Crippen LogP contribution is 2.67. The number of Topliss-reactive ketones (excluding diaryl/α,β-unsaturated/α-hetero) is 1. The third-order valence-corrected chi connectivity index (χ3v) is 11.9. The first-order valence-electron chi connectivity index (χ1n) is 16.0. The molecule has 6 rings (SSSR count). The molecule has 0 bridgehead atoms. The average molecular weight is 589 g/mol. The molecular formula is C35H44N2O6. The van der Waals surface area contributed by atoms with Crippen LogP contribution in [0.4, 0.5) is 0 Å². The molecule has 1 aromatic heterocycles. The van der Waals surface area contributed by atoms with Crippen LogP contribution in [0.15, 0.2) is 42.1 Å². The summed E-state index contributed by atoms with van der Waals surface area (Å²) < 4.78 is 5.30. The van der Waals surface area contributed by atoms with Gasteiger partial charge in [0.2, 0.25) is 11.7 Å². The van der Waals surface area contributed by atoms with Crippen molar-refractivity contribution in [3.05, 3.63) is 47.7 Å². The Morgan fingerprint density at radius 2 is 1.81 bits per heavy atom. The van der Waals surface area contributed by atoms with Gasteiger partial charge in [-0.1, -0.05) is 37.6 Å². The number of ether oxygens (including phenoxy) is 1. The van der Waals surface area contributed by atoms with E-state index in [4.69, 9.17) is 4.74 Å². The fraction of sp³-hybridized carbons (Fsp3) is 0.600. The number of aromatic nitrogens is 1. The highest BCUT2D eigenvalue weighted by Gasteiger charge is 2.66. The lowest BCUT2D eigenvalue weighted by molar-refractivity contribution is -0.170. The molecule has 0 radical (unpaired) electrons. The number of carbonyl (C=O) groups excluding carboxylic acids is 4. The van der Waals surface area contributed by atoms with Crippen LogP contribution in [0.2, 0.25) is 0 Å². The van der Waals surface area contributed by atoms with Crippen molar-refractivity contribution < 1.29 is 29.0 Å². The molecule has 1 amide bonds. The number of aromatic amines is 1. The number of allylic oxidation sites excluding steroid dienone is 1. The number of H-pyrrole nitrogens is 1. The first-order chi connectivity index (χ1) is 20.5. The van der Waals surface area contributed by atoms with Gasteiger partial charge in [-0.3, -0.25) is 19.2 Å². The number of fused-ring (bicyclic) bond motifs is 6. The predicted molar refractivity (Wildman–Crippen MR) is 162 cm³/mol. The summed E-state index contributed by atoms with van der Waals surface area (Å²) in [6, 6.07) is 8.00. The van der Waals surface area contributed by atoms with Crippen LogP contribution < -0.4 is 5.32 Å². The molecule has 230 valence electrons. The van der Waals surface area contributed by atoms with Gasteiger partial charge in [0.15, 0.2) is 12.4 Å². The molecule has 1 aromatic carbocycles. The number of ketones is 2. The van der Waals surface area contributed by atoms with Crippen LogP contribution in [-0.2, 0) is 30.3 Å². The average Bonchev–Trinajstić information content (AvgIpc) is 3.53. The van der Waals surface area contributed by atoms with Gasteiger partial charge in [0.1, 0.15) is 5.60 Å². The minimum absolute atomic E-state index is 0.0190. The van der Waals surface area contributed by atoms with Gasteiger partial charge < -0.3 is 20.1 Å². The Morgan fingerprint density at radius 3 is 2.65 bits per heavy atom. The Balaban J connectivity index is 0.982. The number of carbonyl (C=O) groups is 4. The minimum Gasteiger partial charge on any atom is -0.458 e. The molecule has 0 unspecified atom stereocenters. The molecule has 0 aliphatic heterocycles. The zero-order valence-corrected chi connectivity index (χ0v) is 25.4. The molecule has 43 heavy (non-hydrogen) atoms. The smallest absolute Gasteiger partial charge is 0.306 e. The summed E-state index contributed by atoms with van der Waals surface area (Å²) in [6.45, 7) is 4.36. The van der Waals surface area contributed by atoms with Crippen molar-refractivity contribution in [3.63, 3.8) is 0 Å². The van der Waals surface area contributed by atoms with E-state index in [-0.39, 0.29) is 35.9 Å². The molecule has 3 N–H and O–H groups in total. The summed E-state index contributed by atoms with van der Waals surface area (Å²) >= 11 is 0. The minimum atomic E-state index is -1.53. The van der Waals surface area contributed by atoms with Gasteiger partial charge in [0.25, 0.3) is 0 Å². The van der Waals surface area contributed by atoms with Crippen molar-refractivity contribution in [3.8, 4) is 0 Å². The first-order valence-corrected chi connectivity index (χ1v) is 16.0. The quantitative estimate of drug-likeness (QED) is 0.355. The summed E-state index contributed by atoms with van der Waals surface area (Å²) in [6.07, 6.45) is 10.6. The molecule has 0 saturated heterocycles. The second-order valence-electron chi connectivity index (χ2n) is 13.9. The molecule has 3 saturated carbocycles. The molecule has 4 aliphatic rings. The van der Waals surface area contributed by atoms with E-state index in [0.717, 1.165) is 55.0 Å². The van der Waals surface area contributed by atoms with Crippen LogP contribution in [0.5, 0.6) is 0 Å². The van der Waals surface area contributed by atoms with E-state index in [1.807, 2.05) is 36.5 Å². The fourth-order valence-corrected chi connectivity index (χ4v) is 9.35. The number of rotatable bonds is 9. The highest BCUT2D eigenvalue weighted by molar-refractivity contribution is 5.92. The van der Waals surface area contributed by atoms with E-state index in [0.29, 0.717) is 37.6 Å². The van der Waals surface area contributed by atoms with Crippen LogP contribution in [0.25, 0.3) is 10.9 Å². The Morgan fingerprint density at radius 1 is 1.02 bits per heavy atom. The summed E-state index contributed by atoms with van der Waals surface area (Å²) in [5.41, 5.74) is 1.41.